The first-order valence-corrected chi connectivity index (χ1v) is 12.0. The number of fused-ring (bicyclic) bond motifs is 1. The molecular weight excluding hydrogens is 450 g/mol. The summed E-state index contributed by atoms with van der Waals surface area (Å²) in [6.45, 7) is 2.07. The number of para-hydroxylation sites is 1. The lowest BCUT2D eigenvalue weighted by Crippen LogP contribution is -2.39. The third-order valence-corrected chi connectivity index (χ3v) is 6.22. The summed E-state index contributed by atoms with van der Waals surface area (Å²) in [5, 5.41) is 6.43. The fourth-order valence-electron chi connectivity index (χ4n) is 4.09. The van der Waals surface area contributed by atoms with Crippen LogP contribution in [0.3, 0.4) is 0 Å². The summed E-state index contributed by atoms with van der Waals surface area (Å²) >= 11 is 0. The van der Waals surface area contributed by atoms with E-state index in [4.69, 9.17) is 0 Å². The molecule has 1 heterocycles. The van der Waals surface area contributed by atoms with Crippen molar-refractivity contribution in [2.24, 2.45) is 0 Å². The highest BCUT2D eigenvalue weighted by atomic mass is 16.2. The normalized spacial score (nSPS) is 14.0. The fourth-order valence-corrected chi connectivity index (χ4v) is 4.09. The highest BCUT2D eigenvalue weighted by Gasteiger charge is 2.28. The second kappa shape index (κ2) is 11.2. The number of nitrogens with one attached hydrogen (secondary N) is 2. The molecule has 0 unspecified atom stereocenters. The van der Waals surface area contributed by atoms with Crippen molar-refractivity contribution < 1.29 is 9.59 Å². The van der Waals surface area contributed by atoms with Crippen LogP contribution in [0.1, 0.15) is 11.1 Å². The summed E-state index contributed by atoms with van der Waals surface area (Å²) in [7, 11) is 7.79. The van der Waals surface area contributed by atoms with Crippen molar-refractivity contribution in [1.29, 1.82) is 0 Å². The first-order chi connectivity index (χ1) is 17.3. The second-order valence-electron chi connectivity index (χ2n) is 9.28. The largest absolute Gasteiger partial charge is 0.354 e. The first-order valence-electron chi connectivity index (χ1n) is 12.0. The van der Waals surface area contributed by atoms with Gasteiger partial charge < -0.3 is 20.4 Å². The van der Waals surface area contributed by atoms with Gasteiger partial charge in [0.2, 0.25) is 5.91 Å². The van der Waals surface area contributed by atoms with Gasteiger partial charge in [-0.2, -0.15) is 0 Å². The number of anilines is 3. The summed E-state index contributed by atoms with van der Waals surface area (Å²) < 4.78 is 0. The van der Waals surface area contributed by atoms with Crippen LogP contribution >= 0.6 is 0 Å². The van der Waals surface area contributed by atoms with E-state index in [-0.39, 0.29) is 11.8 Å². The van der Waals surface area contributed by atoms with Gasteiger partial charge in [-0.3, -0.25) is 14.5 Å². The second-order valence-corrected chi connectivity index (χ2v) is 9.28. The van der Waals surface area contributed by atoms with Crippen molar-refractivity contribution in [1.82, 2.24) is 9.80 Å². The molecule has 0 aromatic heterocycles. The van der Waals surface area contributed by atoms with Crippen molar-refractivity contribution in [3.8, 4) is 0 Å². The molecule has 2 N–H and O–H groups in total. The average molecular weight is 484 g/mol. The molecule has 1 aliphatic heterocycles. The zero-order chi connectivity index (χ0) is 25.7. The van der Waals surface area contributed by atoms with E-state index in [0.717, 1.165) is 47.0 Å². The van der Waals surface area contributed by atoms with Gasteiger partial charge in [0.05, 0.1) is 17.8 Å². The number of rotatable bonds is 9. The third-order valence-electron chi connectivity index (χ3n) is 6.22. The molecule has 0 radical (unpaired) electrons. The molecule has 0 atom stereocenters. The SMILES string of the molecule is CN(C)CCN(C)CC(=O)N(C)c1ccc(NC(=C2C(=O)Nc3ccccc32)c2ccccc2)cc1. The highest BCUT2D eigenvalue weighted by molar-refractivity contribution is 6.37. The zero-order valence-electron chi connectivity index (χ0n) is 21.3. The molecule has 0 saturated carbocycles. The number of nitrogens with zero attached hydrogens (tertiary/aromatic N) is 3. The number of likely N-dealkylation sites (N-methyl/N-ethyl adjacent to an activating group) is 3. The predicted molar refractivity (Wildman–Crippen MR) is 148 cm³/mol. The quantitative estimate of drug-likeness (QED) is 0.449. The summed E-state index contributed by atoms with van der Waals surface area (Å²) in [5.74, 6) is -0.105. The lowest BCUT2D eigenvalue weighted by molar-refractivity contribution is -0.119. The Bertz CT molecular complexity index is 1250. The first kappa shape index (κ1) is 25.2. The lowest BCUT2D eigenvalue weighted by atomic mass is 10.00. The van der Waals surface area contributed by atoms with Gasteiger partial charge in [-0.05, 0) is 57.0 Å². The Morgan fingerprint density at radius 3 is 2.19 bits per heavy atom. The van der Waals surface area contributed by atoms with E-state index < -0.39 is 0 Å². The summed E-state index contributed by atoms with van der Waals surface area (Å²) in [6, 6.07) is 25.2. The molecule has 3 aromatic rings. The van der Waals surface area contributed by atoms with E-state index in [0.29, 0.717) is 12.1 Å². The number of carbonyl (C=O) groups is 2. The van der Waals surface area contributed by atoms with Gasteiger partial charge in [-0.1, -0.05) is 48.5 Å². The van der Waals surface area contributed by atoms with Gasteiger partial charge in [0, 0.05) is 42.8 Å². The molecule has 7 heteroatoms. The van der Waals surface area contributed by atoms with E-state index in [1.54, 1.807) is 11.9 Å². The van der Waals surface area contributed by atoms with Crippen molar-refractivity contribution in [3.05, 3.63) is 90.0 Å². The smallest absolute Gasteiger partial charge is 0.258 e. The minimum Gasteiger partial charge on any atom is -0.354 e. The van der Waals surface area contributed by atoms with Crippen LogP contribution in [0.15, 0.2) is 78.9 Å². The zero-order valence-corrected chi connectivity index (χ0v) is 21.3. The molecule has 0 aliphatic carbocycles. The van der Waals surface area contributed by atoms with Crippen LogP contribution in [0, 0.1) is 0 Å². The third kappa shape index (κ3) is 5.82. The lowest BCUT2D eigenvalue weighted by Gasteiger charge is -2.23. The van der Waals surface area contributed by atoms with Crippen LogP contribution in [-0.4, -0.2) is 69.4 Å². The Kier molecular flexibility index (Phi) is 7.83. The molecule has 36 heavy (non-hydrogen) atoms. The molecule has 0 saturated heterocycles. The minimum atomic E-state index is -0.136. The predicted octanol–water partition coefficient (Wildman–Crippen LogP) is 4.08. The Morgan fingerprint density at radius 2 is 1.50 bits per heavy atom. The molecule has 186 valence electrons. The molecule has 4 rings (SSSR count). The maximum Gasteiger partial charge on any atom is 0.258 e. The van der Waals surface area contributed by atoms with Crippen LogP contribution in [0.2, 0.25) is 0 Å². The molecule has 1 aliphatic rings. The summed E-state index contributed by atoms with van der Waals surface area (Å²) in [4.78, 5) is 31.5. The van der Waals surface area contributed by atoms with E-state index in [1.165, 1.54) is 0 Å². The van der Waals surface area contributed by atoms with Gasteiger partial charge in [0.1, 0.15) is 0 Å². The maximum atomic E-state index is 13.0. The molecule has 0 bridgehead atoms. The molecule has 3 aromatic carbocycles. The highest BCUT2D eigenvalue weighted by Crippen LogP contribution is 2.37. The van der Waals surface area contributed by atoms with Gasteiger partial charge in [-0.25, -0.2) is 0 Å². The number of benzene rings is 3. The van der Waals surface area contributed by atoms with Crippen LogP contribution in [-0.2, 0) is 9.59 Å². The van der Waals surface area contributed by atoms with Crippen molar-refractivity contribution in [3.63, 3.8) is 0 Å². The van der Waals surface area contributed by atoms with E-state index in [9.17, 15) is 9.59 Å². The molecule has 7 nitrogen and oxygen atoms in total. The molecule has 0 spiro atoms. The number of carbonyl (C=O) groups excluding carboxylic acids is 2. The standard InChI is InChI=1S/C29H33N5O2/c1-32(2)18-19-33(3)20-26(35)34(4)23-16-14-22(15-17-23)30-28(21-10-6-5-7-11-21)27-24-12-8-9-13-25(24)31-29(27)36/h5-17,30H,18-20H2,1-4H3,(H,31,36). The monoisotopic (exact) mass is 483 g/mol. The number of hydrogen-bond acceptors (Lipinski definition) is 5. The molecule has 2 amide bonds. The number of amides is 2. The maximum absolute atomic E-state index is 13.0. The Morgan fingerprint density at radius 1 is 0.833 bits per heavy atom. The van der Waals surface area contributed by atoms with Gasteiger partial charge in [0.15, 0.2) is 0 Å². The van der Waals surface area contributed by atoms with Gasteiger partial charge in [-0.15, -0.1) is 0 Å². The van der Waals surface area contributed by atoms with Crippen LogP contribution in [0.4, 0.5) is 17.1 Å². The minimum absolute atomic E-state index is 0.0308. The van der Waals surface area contributed by atoms with Gasteiger partial charge >= 0.3 is 0 Å². The fraction of sp³-hybridized carbons (Fsp3) is 0.241. The van der Waals surface area contributed by atoms with Crippen LogP contribution < -0.4 is 15.5 Å². The van der Waals surface area contributed by atoms with Crippen LogP contribution in [0.25, 0.3) is 11.3 Å². The average Bonchev–Trinajstić information content (AvgIpc) is 3.22. The summed E-state index contributed by atoms with van der Waals surface area (Å²) in [5.41, 5.74) is 5.56. The topological polar surface area (TPSA) is 67.9 Å². The van der Waals surface area contributed by atoms with E-state index in [2.05, 4.69) is 15.5 Å². The molecule has 0 fully saturated rings. The molecular formula is C29H33N5O2. The van der Waals surface area contributed by atoms with Crippen LogP contribution in [0.5, 0.6) is 0 Å². The Hall–Kier alpha value is -3.94. The number of hydrogen-bond donors (Lipinski definition) is 2. The van der Waals surface area contributed by atoms with Crippen molar-refractivity contribution >= 4 is 40.1 Å². The Balaban J connectivity index is 1.55. The summed E-state index contributed by atoms with van der Waals surface area (Å²) in [6.07, 6.45) is 0. The van der Waals surface area contributed by atoms with E-state index in [1.807, 2.05) is 105 Å². The van der Waals surface area contributed by atoms with Gasteiger partial charge in [0.25, 0.3) is 5.91 Å². The van der Waals surface area contributed by atoms with Crippen molar-refractivity contribution in [2.75, 3.05) is 63.4 Å². The van der Waals surface area contributed by atoms with E-state index >= 15 is 0 Å². The van der Waals surface area contributed by atoms with Crippen molar-refractivity contribution in [2.45, 2.75) is 0 Å². The Labute approximate surface area is 213 Å².